The quantitative estimate of drug-likeness (QED) is 0.0204. The average Bonchev–Trinajstić information content (AvgIpc) is 3.42. The summed E-state index contributed by atoms with van der Waals surface area (Å²) in [5, 5.41) is 87.0. The van der Waals surface area contributed by atoms with Gasteiger partial charge in [0.05, 0.1) is 32.0 Å². The fourth-order valence-electron chi connectivity index (χ4n) is 9.45. The number of hydrogen-bond acceptors (Lipinski definition) is 13. The van der Waals surface area contributed by atoms with E-state index in [-0.39, 0.29) is 18.9 Å². The molecular formula is C62H109NO13. The summed E-state index contributed by atoms with van der Waals surface area (Å²) in [4.78, 5) is 13.3. The number of amides is 1. The monoisotopic (exact) mass is 1080 g/mol. The van der Waals surface area contributed by atoms with Gasteiger partial charge in [0.25, 0.3) is 0 Å². The van der Waals surface area contributed by atoms with E-state index in [1.807, 2.05) is 6.08 Å². The maximum Gasteiger partial charge on any atom is 0.220 e. The summed E-state index contributed by atoms with van der Waals surface area (Å²) in [6, 6.07) is -0.942. The van der Waals surface area contributed by atoms with Crippen LogP contribution in [0.3, 0.4) is 0 Å². The number of unbranched alkanes of at least 4 members (excludes halogenated alkanes) is 24. The molecule has 2 fully saturated rings. The van der Waals surface area contributed by atoms with Gasteiger partial charge in [-0.25, -0.2) is 0 Å². The first-order valence-corrected chi connectivity index (χ1v) is 30.2. The fraction of sp³-hybridized carbons (Fsp3) is 0.790. The summed E-state index contributed by atoms with van der Waals surface area (Å²) in [6.07, 6.45) is 45.1. The van der Waals surface area contributed by atoms with Crippen LogP contribution in [0, 0.1) is 0 Å². The molecule has 0 radical (unpaired) electrons. The number of rotatable bonds is 47. The van der Waals surface area contributed by atoms with E-state index in [1.54, 1.807) is 6.08 Å². The maximum absolute atomic E-state index is 13.3. The van der Waals surface area contributed by atoms with Gasteiger partial charge in [0, 0.05) is 6.42 Å². The van der Waals surface area contributed by atoms with Crippen molar-refractivity contribution in [2.24, 2.45) is 0 Å². The lowest BCUT2D eigenvalue weighted by atomic mass is 9.97. The van der Waals surface area contributed by atoms with Crippen LogP contribution in [-0.4, -0.2) is 140 Å². The van der Waals surface area contributed by atoms with Crippen LogP contribution in [0.1, 0.15) is 219 Å². The van der Waals surface area contributed by atoms with E-state index in [4.69, 9.17) is 18.9 Å². The van der Waals surface area contributed by atoms with Crippen LogP contribution in [0.4, 0.5) is 0 Å². The Balaban J connectivity index is 1.74. The molecule has 0 bridgehead atoms. The van der Waals surface area contributed by atoms with Gasteiger partial charge in [-0.1, -0.05) is 202 Å². The molecule has 14 nitrogen and oxygen atoms in total. The second kappa shape index (κ2) is 47.3. The van der Waals surface area contributed by atoms with E-state index in [0.29, 0.717) is 12.8 Å². The van der Waals surface area contributed by atoms with Crippen molar-refractivity contribution in [2.45, 2.75) is 293 Å². The molecule has 12 unspecified atom stereocenters. The zero-order valence-corrected chi connectivity index (χ0v) is 47.2. The third-order valence-electron chi connectivity index (χ3n) is 14.3. The topological polar surface area (TPSA) is 228 Å². The SMILES string of the molecule is CCCCCCC/C=C\C/C=C\C/C=C\CCCCCCCCCCCCCCC(=O)NC(COC1OC(CO)C(OC2OC(CO)C(O)C(O)C2O)C(O)C1O)C(O)/C=C/CC/C=C/CC/C=C/CCCCCCC. The summed E-state index contributed by atoms with van der Waals surface area (Å²) in [5.41, 5.74) is 0. The first kappa shape index (κ1) is 69.5. The predicted molar refractivity (Wildman–Crippen MR) is 304 cm³/mol. The van der Waals surface area contributed by atoms with E-state index in [2.05, 4.69) is 79.9 Å². The Morgan fingerprint density at radius 3 is 1.38 bits per heavy atom. The van der Waals surface area contributed by atoms with Crippen LogP contribution < -0.4 is 5.32 Å². The van der Waals surface area contributed by atoms with E-state index in [1.165, 1.54) is 122 Å². The van der Waals surface area contributed by atoms with E-state index in [9.17, 15) is 45.6 Å². The van der Waals surface area contributed by atoms with Gasteiger partial charge in [0.1, 0.15) is 48.8 Å². The van der Waals surface area contributed by atoms with Crippen molar-refractivity contribution in [2.75, 3.05) is 19.8 Å². The summed E-state index contributed by atoms with van der Waals surface area (Å²) in [6.45, 7) is 2.74. The number of aliphatic hydroxyl groups is 8. The molecule has 2 rings (SSSR count). The Labute approximate surface area is 459 Å². The van der Waals surface area contributed by atoms with Gasteiger partial charge in [0.2, 0.25) is 5.91 Å². The molecule has 0 spiro atoms. The smallest absolute Gasteiger partial charge is 0.220 e. The lowest BCUT2D eigenvalue weighted by Gasteiger charge is -2.46. The highest BCUT2D eigenvalue weighted by atomic mass is 16.7. The Morgan fingerprint density at radius 2 is 0.882 bits per heavy atom. The van der Waals surface area contributed by atoms with E-state index >= 15 is 0 Å². The predicted octanol–water partition coefficient (Wildman–Crippen LogP) is 10.3. The molecule has 0 saturated carbocycles. The summed E-state index contributed by atoms with van der Waals surface area (Å²) < 4.78 is 22.7. The van der Waals surface area contributed by atoms with Gasteiger partial charge in [-0.05, 0) is 83.5 Å². The van der Waals surface area contributed by atoms with Crippen LogP contribution in [0.5, 0.6) is 0 Å². The Kier molecular flexibility index (Phi) is 43.2. The standard InChI is InChI=1S/C62H109NO13/c1-3-5-7-9-11-13-15-17-19-20-21-22-23-24-25-26-27-28-29-30-32-34-36-38-40-42-44-46-54(67)63-50(51(66)45-43-41-39-37-35-33-31-18-16-14-12-10-8-6-4-2)49-73-61-59(72)57(70)60(53(48-65)75-61)76-62-58(71)56(69)55(68)52(47-64)74-62/h15-18,20-21,23-24,35,37,43,45,50-53,55-62,64-66,68-72H,3-14,19,22,25-34,36,38-42,44,46-49H2,1-2H3,(H,63,67)/b17-15-,18-16+,21-20-,24-23-,37-35+,45-43+. The third-order valence-corrected chi connectivity index (χ3v) is 14.3. The average molecular weight is 1080 g/mol. The zero-order valence-electron chi connectivity index (χ0n) is 47.2. The molecule has 9 N–H and O–H groups in total. The van der Waals surface area contributed by atoms with Crippen LogP contribution in [0.15, 0.2) is 72.9 Å². The third kappa shape index (κ3) is 32.5. The molecule has 14 heteroatoms. The highest BCUT2D eigenvalue weighted by Gasteiger charge is 2.51. The first-order chi connectivity index (χ1) is 37.1. The highest BCUT2D eigenvalue weighted by Crippen LogP contribution is 2.30. The van der Waals surface area contributed by atoms with Crippen LogP contribution in [0.2, 0.25) is 0 Å². The lowest BCUT2D eigenvalue weighted by molar-refractivity contribution is -0.359. The number of carbonyl (C=O) groups is 1. The number of aliphatic hydroxyl groups excluding tert-OH is 8. The molecular weight excluding hydrogens is 967 g/mol. The molecule has 2 heterocycles. The minimum atomic E-state index is -1.79. The minimum absolute atomic E-state index is 0.258. The molecule has 2 saturated heterocycles. The largest absolute Gasteiger partial charge is 0.394 e. The van der Waals surface area contributed by atoms with Gasteiger partial charge in [-0.15, -0.1) is 0 Å². The van der Waals surface area contributed by atoms with Crippen molar-refractivity contribution in [3.8, 4) is 0 Å². The molecule has 1 amide bonds. The Bertz CT molecular complexity index is 1550. The second-order valence-corrected chi connectivity index (χ2v) is 21.1. The van der Waals surface area contributed by atoms with Gasteiger partial charge in [0.15, 0.2) is 12.6 Å². The van der Waals surface area contributed by atoms with Crippen LogP contribution in [-0.2, 0) is 23.7 Å². The lowest BCUT2D eigenvalue weighted by Crippen LogP contribution is -2.65. The van der Waals surface area contributed by atoms with Gasteiger partial charge in [-0.3, -0.25) is 4.79 Å². The second-order valence-electron chi connectivity index (χ2n) is 21.1. The van der Waals surface area contributed by atoms with Crippen molar-refractivity contribution in [1.29, 1.82) is 0 Å². The van der Waals surface area contributed by atoms with Crippen LogP contribution in [0.25, 0.3) is 0 Å². The molecule has 0 aromatic carbocycles. The summed E-state index contributed by atoms with van der Waals surface area (Å²) >= 11 is 0. The van der Waals surface area contributed by atoms with Crippen molar-refractivity contribution < 1.29 is 64.6 Å². The number of nitrogens with one attached hydrogen (secondary N) is 1. The summed E-state index contributed by atoms with van der Waals surface area (Å²) in [7, 11) is 0. The molecule has 76 heavy (non-hydrogen) atoms. The van der Waals surface area contributed by atoms with Gasteiger partial charge >= 0.3 is 0 Å². The van der Waals surface area contributed by atoms with Gasteiger partial charge in [-0.2, -0.15) is 0 Å². The molecule has 0 aliphatic carbocycles. The number of allylic oxidation sites excluding steroid dienone is 11. The van der Waals surface area contributed by atoms with Gasteiger partial charge < -0.3 is 65.1 Å². The normalized spacial score (nSPS) is 25.4. The minimum Gasteiger partial charge on any atom is -0.394 e. The number of ether oxygens (including phenoxy) is 4. The van der Waals surface area contributed by atoms with Crippen molar-refractivity contribution >= 4 is 5.91 Å². The molecule has 12 atom stereocenters. The first-order valence-electron chi connectivity index (χ1n) is 30.2. The Morgan fingerprint density at radius 1 is 0.474 bits per heavy atom. The van der Waals surface area contributed by atoms with Crippen molar-refractivity contribution in [3.05, 3.63) is 72.9 Å². The molecule has 0 aromatic heterocycles. The molecule has 2 aliphatic rings. The van der Waals surface area contributed by atoms with Crippen molar-refractivity contribution in [1.82, 2.24) is 5.32 Å². The van der Waals surface area contributed by atoms with E-state index in [0.717, 1.165) is 64.2 Å². The van der Waals surface area contributed by atoms with E-state index < -0.39 is 86.8 Å². The van der Waals surface area contributed by atoms with Crippen LogP contribution >= 0.6 is 0 Å². The summed E-state index contributed by atoms with van der Waals surface area (Å²) in [5.74, 6) is -0.258. The maximum atomic E-state index is 13.3. The molecule has 440 valence electrons. The number of hydrogen-bond donors (Lipinski definition) is 9. The number of carbonyl (C=O) groups excluding carboxylic acids is 1. The Hall–Kier alpha value is -2.57. The molecule has 0 aromatic rings. The van der Waals surface area contributed by atoms with Crippen molar-refractivity contribution in [3.63, 3.8) is 0 Å². The molecule has 2 aliphatic heterocycles. The zero-order chi connectivity index (χ0) is 55.3. The highest BCUT2D eigenvalue weighted by molar-refractivity contribution is 5.76. The fourth-order valence-corrected chi connectivity index (χ4v) is 9.45.